The van der Waals surface area contributed by atoms with Gasteiger partial charge in [0.25, 0.3) is 0 Å². The second kappa shape index (κ2) is 1.66. The third kappa shape index (κ3) is 0.936. The minimum Gasteiger partial charge on any atom is -0.349 e. The van der Waals surface area contributed by atoms with E-state index in [-0.39, 0.29) is 11.4 Å². The van der Waals surface area contributed by atoms with E-state index in [1.807, 2.05) is 0 Å². The van der Waals surface area contributed by atoms with E-state index in [1.165, 1.54) is 12.8 Å². The van der Waals surface area contributed by atoms with Crippen LogP contribution in [0.25, 0.3) is 0 Å². The minimum atomic E-state index is 0.226. The molecule has 1 amide bonds. The fourth-order valence-corrected chi connectivity index (χ4v) is 2.24. The number of amides is 1. The molecule has 1 N–H and O–H groups in total. The molecule has 50 valence electrons. The summed E-state index contributed by atoms with van der Waals surface area (Å²) >= 11 is 1.76. The van der Waals surface area contributed by atoms with Gasteiger partial charge in [0.2, 0.25) is 5.91 Å². The van der Waals surface area contributed by atoms with Crippen LogP contribution in [0.4, 0.5) is 0 Å². The maximum absolute atomic E-state index is 10.8. The van der Waals surface area contributed by atoms with Gasteiger partial charge in [0, 0.05) is 11.3 Å². The molecule has 0 aromatic rings. The molecule has 1 saturated carbocycles. The lowest BCUT2D eigenvalue weighted by Gasteiger charge is -2.21. The van der Waals surface area contributed by atoms with Gasteiger partial charge < -0.3 is 5.32 Å². The van der Waals surface area contributed by atoms with Crippen LogP contribution in [0, 0.1) is 0 Å². The summed E-state index contributed by atoms with van der Waals surface area (Å²) in [6.07, 6.45) is 2.40. The number of rotatable bonds is 0. The average Bonchev–Trinajstić information content (AvgIpc) is 2.49. The molecule has 1 aliphatic heterocycles. The third-order valence-electron chi connectivity index (χ3n) is 1.87. The van der Waals surface area contributed by atoms with Crippen LogP contribution in [0.2, 0.25) is 0 Å². The minimum absolute atomic E-state index is 0.226. The molecule has 9 heavy (non-hydrogen) atoms. The van der Waals surface area contributed by atoms with Crippen molar-refractivity contribution in [2.45, 2.75) is 18.4 Å². The highest BCUT2D eigenvalue weighted by Gasteiger charge is 2.45. The lowest BCUT2D eigenvalue weighted by molar-refractivity contribution is -0.119. The Balaban J connectivity index is 2.04. The van der Waals surface area contributed by atoms with E-state index in [4.69, 9.17) is 0 Å². The molecule has 0 radical (unpaired) electrons. The summed E-state index contributed by atoms with van der Waals surface area (Å²) in [4.78, 5) is 10.8. The van der Waals surface area contributed by atoms with Crippen molar-refractivity contribution in [1.82, 2.24) is 5.32 Å². The predicted molar refractivity (Wildman–Crippen MR) is 37.4 cm³/mol. The zero-order valence-corrected chi connectivity index (χ0v) is 5.96. The van der Waals surface area contributed by atoms with E-state index < -0.39 is 0 Å². The van der Waals surface area contributed by atoms with Crippen molar-refractivity contribution in [2.24, 2.45) is 0 Å². The molecule has 2 fully saturated rings. The van der Waals surface area contributed by atoms with Crippen LogP contribution in [0.5, 0.6) is 0 Å². The van der Waals surface area contributed by atoms with E-state index >= 15 is 0 Å². The summed E-state index contributed by atoms with van der Waals surface area (Å²) in [7, 11) is 0. The highest BCUT2D eigenvalue weighted by atomic mass is 32.2. The Kier molecular flexibility index (Phi) is 1.03. The van der Waals surface area contributed by atoms with Crippen molar-refractivity contribution in [3.05, 3.63) is 0 Å². The Morgan fingerprint density at radius 1 is 1.56 bits per heavy atom. The molecular formula is C6H9NOS. The van der Waals surface area contributed by atoms with Gasteiger partial charge in [-0.25, -0.2) is 0 Å². The summed E-state index contributed by atoms with van der Waals surface area (Å²) in [5.74, 6) is 2.03. The standard InChI is InChI=1S/C6H9NOS/c8-5-3-9-4-6(7-5)1-2-6/h1-4H2,(H,7,8). The Hall–Kier alpha value is -0.180. The monoisotopic (exact) mass is 143 g/mol. The zero-order chi connectivity index (χ0) is 6.32. The van der Waals surface area contributed by atoms with Gasteiger partial charge in [0.15, 0.2) is 0 Å². The predicted octanol–water partition coefficient (Wildman–Crippen LogP) is 0.382. The first-order valence-electron chi connectivity index (χ1n) is 3.20. The number of hydrogen-bond acceptors (Lipinski definition) is 2. The molecule has 0 aromatic carbocycles. The first kappa shape index (κ1) is 5.59. The van der Waals surface area contributed by atoms with Crippen LogP contribution in [0.3, 0.4) is 0 Å². The van der Waals surface area contributed by atoms with Gasteiger partial charge in [-0.05, 0) is 12.8 Å². The number of carbonyl (C=O) groups is 1. The van der Waals surface area contributed by atoms with Crippen molar-refractivity contribution >= 4 is 17.7 Å². The van der Waals surface area contributed by atoms with Crippen LogP contribution in [0.15, 0.2) is 0 Å². The largest absolute Gasteiger partial charge is 0.349 e. The van der Waals surface area contributed by atoms with E-state index in [0.717, 1.165) is 5.75 Å². The molecule has 2 nitrogen and oxygen atoms in total. The van der Waals surface area contributed by atoms with Gasteiger partial charge in [-0.2, -0.15) is 0 Å². The number of hydrogen-bond donors (Lipinski definition) is 1. The van der Waals surface area contributed by atoms with E-state index in [0.29, 0.717) is 5.75 Å². The molecule has 0 aromatic heterocycles. The van der Waals surface area contributed by atoms with Crippen LogP contribution in [-0.2, 0) is 4.79 Å². The lowest BCUT2D eigenvalue weighted by atomic mass is 10.3. The van der Waals surface area contributed by atoms with Crippen LogP contribution >= 0.6 is 11.8 Å². The Labute approximate surface area is 58.4 Å². The fourth-order valence-electron chi connectivity index (χ4n) is 1.13. The average molecular weight is 143 g/mol. The van der Waals surface area contributed by atoms with Gasteiger partial charge in [-0.1, -0.05) is 0 Å². The molecule has 3 heteroatoms. The molecule has 0 atom stereocenters. The summed E-state index contributed by atoms with van der Waals surface area (Å²) < 4.78 is 0. The zero-order valence-electron chi connectivity index (χ0n) is 5.14. The molecule has 2 aliphatic rings. The molecule has 1 aliphatic carbocycles. The lowest BCUT2D eigenvalue weighted by Crippen LogP contribution is -2.43. The van der Waals surface area contributed by atoms with Crippen molar-refractivity contribution < 1.29 is 4.79 Å². The van der Waals surface area contributed by atoms with Gasteiger partial charge in [-0.15, -0.1) is 11.8 Å². The van der Waals surface area contributed by atoms with Crippen molar-refractivity contribution in [2.75, 3.05) is 11.5 Å². The quantitative estimate of drug-likeness (QED) is 0.531. The van der Waals surface area contributed by atoms with Gasteiger partial charge in [0.1, 0.15) is 0 Å². The van der Waals surface area contributed by atoms with Crippen molar-refractivity contribution in [1.29, 1.82) is 0 Å². The first-order chi connectivity index (χ1) is 4.31. The second-order valence-electron chi connectivity index (χ2n) is 2.82. The molecule has 1 heterocycles. The van der Waals surface area contributed by atoms with Gasteiger partial charge in [0.05, 0.1) is 5.75 Å². The Morgan fingerprint density at radius 2 is 2.33 bits per heavy atom. The normalized spacial score (nSPS) is 30.0. The molecule has 0 unspecified atom stereocenters. The van der Waals surface area contributed by atoms with Crippen LogP contribution in [-0.4, -0.2) is 23.0 Å². The van der Waals surface area contributed by atoms with E-state index in [2.05, 4.69) is 5.32 Å². The number of thioether (sulfide) groups is 1. The molecule has 1 spiro atoms. The molecule has 0 bridgehead atoms. The molecule has 2 rings (SSSR count). The van der Waals surface area contributed by atoms with Gasteiger partial charge in [-0.3, -0.25) is 4.79 Å². The summed E-state index contributed by atoms with van der Waals surface area (Å²) in [5.41, 5.74) is 0.264. The molecule has 1 saturated heterocycles. The summed E-state index contributed by atoms with van der Waals surface area (Å²) in [6, 6.07) is 0. The Bertz CT molecular complexity index is 153. The number of nitrogens with one attached hydrogen (secondary N) is 1. The smallest absolute Gasteiger partial charge is 0.230 e. The van der Waals surface area contributed by atoms with Crippen molar-refractivity contribution in [3.63, 3.8) is 0 Å². The summed E-state index contributed by atoms with van der Waals surface area (Å²) in [6.45, 7) is 0. The maximum atomic E-state index is 10.8. The van der Waals surface area contributed by atoms with Gasteiger partial charge >= 0.3 is 0 Å². The second-order valence-corrected chi connectivity index (χ2v) is 3.81. The van der Waals surface area contributed by atoms with Crippen molar-refractivity contribution in [3.8, 4) is 0 Å². The fraction of sp³-hybridized carbons (Fsp3) is 0.833. The summed E-state index contributed by atoms with van der Waals surface area (Å²) in [5, 5.41) is 3.01. The topological polar surface area (TPSA) is 29.1 Å². The Morgan fingerprint density at radius 3 is 2.78 bits per heavy atom. The maximum Gasteiger partial charge on any atom is 0.230 e. The van der Waals surface area contributed by atoms with E-state index in [1.54, 1.807) is 11.8 Å². The van der Waals surface area contributed by atoms with E-state index in [9.17, 15) is 4.79 Å². The third-order valence-corrected chi connectivity index (χ3v) is 3.09. The number of carbonyl (C=O) groups excluding carboxylic acids is 1. The highest BCUT2D eigenvalue weighted by molar-refractivity contribution is 8.00. The van der Waals surface area contributed by atoms with Crippen LogP contribution in [0.1, 0.15) is 12.8 Å². The SMILES string of the molecule is O=C1CSCC2(CC2)N1. The molecular weight excluding hydrogens is 134 g/mol. The first-order valence-corrected chi connectivity index (χ1v) is 4.35. The van der Waals surface area contributed by atoms with Crippen LogP contribution < -0.4 is 5.32 Å². The highest BCUT2D eigenvalue weighted by Crippen LogP contribution is 2.40.